The molecule has 0 saturated carbocycles. The van der Waals surface area contributed by atoms with Crippen LogP contribution < -0.4 is 5.32 Å². The summed E-state index contributed by atoms with van der Waals surface area (Å²) in [7, 11) is 0. The van der Waals surface area contributed by atoms with Gasteiger partial charge in [0.25, 0.3) is 0 Å². The van der Waals surface area contributed by atoms with Crippen LogP contribution in [0.5, 0.6) is 0 Å². The summed E-state index contributed by atoms with van der Waals surface area (Å²) in [6.07, 6.45) is 0. The maximum atomic E-state index is 11.0. The van der Waals surface area contributed by atoms with Crippen LogP contribution in [0.25, 0.3) is 0 Å². The summed E-state index contributed by atoms with van der Waals surface area (Å²) in [5.74, 6) is 0.196. The SMILES string of the molecule is Cl.O=C(CBr)N1CCNCC1. The van der Waals surface area contributed by atoms with Gasteiger partial charge in [-0.2, -0.15) is 0 Å². The molecular weight excluding hydrogens is 231 g/mol. The second-order valence-electron chi connectivity index (χ2n) is 2.26. The van der Waals surface area contributed by atoms with Crippen molar-refractivity contribution in [3.05, 3.63) is 0 Å². The van der Waals surface area contributed by atoms with E-state index in [1.807, 2.05) is 4.90 Å². The Hall–Kier alpha value is 0.200. The monoisotopic (exact) mass is 242 g/mol. The van der Waals surface area contributed by atoms with Crippen LogP contribution in [0.15, 0.2) is 0 Å². The van der Waals surface area contributed by atoms with Crippen LogP contribution in [0.3, 0.4) is 0 Å². The molecule has 1 saturated heterocycles. The molecule has 5 heteroatoms. The van der Waals surface area contributed by atoms with Gasteiger partial charge in [0, 0.05) is 26.2 Å². The number of carbonyl (C=O) groups is 1. The Morgan fingerprint density at radius 3 is 2.45 bits per heavy atom. The molecule has 1 aliphatic rings. The molecule has 1 heterocycles. The molecule has 3 nitrogen and oxygen atoms in total. The fourth-order valence-corrected chi connectivity index (χ4v) is 1.35. The van der Waals surface area contributed by atoms with Crippen molar-refractivity contribution in [2.45, 2.75) is 0 Å². The van der Waals surface area contributed by atoms with E-state index in [-0.39, 0.29) is 18.3 Å². The zero-order valence-corrected chi connectivity index (χ0v) is 8.58. The van der Waals surface area contributed by atoms with Gasteiger partial charge < -0.3 is 10.2 Å². The predicted octanol–water partition coefficient (Wildman–Crippen LogP) is 0.235. The smallest absolute Gasteiger partial charge is 0.233 e. The lowest BCUT2D eigenvalue weighted by Gasteiger charge is -2.26. The van der Waals surface area contributed by atoms with E-state index in [0.717, 1.165) is 26.2 Å². The lowest BCUT2D eigenvalue weighted by Crippen LogP contribution is -2.46. The van der Waals surface area contributed by atoms with Gasteiger partial charge in [0.1, 0.15) is 0 Å². The summed E-state index contributed by atoms with van der Waals surface area (Å²) in [5, 5.41) is 3.64. The molecule has 0 spiro atoms. The second-order valence-corrected chi connectivity index (χ2v) is 2.83. The van der Waals surface area contributed by atoms with Crippen LogP contribution in [0.4, 0.5) is 0 Å². The van der Waals surface area contributed by atoms with Crippen LogP contribution in [0, 0.1) is 0 Å². The Morgan fingerprint density at radius 1 is 1.45 bits per heavy atom. The van der Waals surface area contributed by atoms with E-state index < -0.39 is 0 Å². The molecule has 0 aromatic rings. The largest absolute Gasteiger partial charge is 0.339 e. The molecule has 0 aromatic heterocycles. The second kappa shape index (κ2) is 5.80. The molecule has 0 aromatic carbocycles. The van der Waals surface area contributed by atoms with E-state index in [0.29, 0.717) is 5.33 Å². The van der Waals surface area contributed by atoms with Gasteiger partial charge in [-0.1, -0.05) is 15.9 Å². The average Bonchev–Trinajstić information content (AvgIpc) is 2.05. The van der Waals surface area contributed by atoms with Crippen molar-refractivity contribution >= 4 is 34.2 Å². The van der Waals surface area contributed by atoms with Gasteiger partial charge >= 0.3 is 0 Å². The van der Waals surface area contributed by atoms with Crippen molar-refractivity contribution in [3.63, 3.8) is 0 Å². The first kappa shape index (κ1) is 11.2. The summed E-state index contributed by atoms with van der Waals surface area (Å²) in [6, 6.07) is 0. The summed E-state index contributed by atoms with van der Waals surface area (Å²) < 4.78 is 0. The van der Waals surface area contributed by atoms with Crippen molar-refractivity contribution in [2.75, 3.05) is 31.5 Å². The average molecular weight is 244 g/mol. The van der Waals surface area contributed by atoms with Gasteiger partial charge in [-0.25, -0.2) is 0 Å². The van der Waals surface area contributed by atoms with Gasteiger partial charge in [0.05, 0.1) is 5.33 Å². The van der Waals surface area contributed by atoms with Crippen molar-refractivity contribution in [2.24, 2.45) is 0 Å². The number of hydrogen-bond acceptors (Lipinski definition) is 2. The van der Waals surface area contributed by atoms with Crippen molar-refractivity contribution in [3.8, 4) is 0 Å². The first-order valence-corrected chi connectivity index (χ1v) is 4.51. The molecule has 0 unspecified atom stereocenters. The molecule has 66 valence electrons. The number of piperazine rings is 1. The van der Waals surface area contributed by atoms with E-state index >= 15 is 0 Å². The van der Waals surface area contributed by atoms with Crippen molar-refractivity contribution in [1.29, 1.82) is 0 Å². The van der Waals surface area contributed by atoms with E-state index in [9.17, 15) is 4.79 Å². The first-order valence-electron chi connectivity index (χ1n) is 3.39. The van der Waals surface area contributed by atoms with Crippen LogP contribution in [-0.2, 0) is 4.79 Å². The third-order valence-electron chi connectivity index (χ3n) is 1.58. The van der Waals surface area contributed by atoms with Gasteiger partial charge in [-0.05, 0) is 0 Å². The highest BCUT2D eigenvalue weighted by Crippen LogP contribution is 1.95. The van der Waals surface area contributed by atoms with E-state index in [1.54, 1.807) is 0 Å². The molecule has 1 rings (SSSR count). The molecule has 0 radical (unpaired) electrons. The number of rotatable bonds is 1. The van der Waals surface area contributed by atoms with Gasteiger partial charge in [0.2, 0.25) is 5.91 Å². The lowest BCUT2D eigenvalue weighted by molar-refractivity contribution is -0.128. The Kier molecular flexibility index (Phi) is 5.91. The Labute approximate surface area is 81.0 Å². The minimum atomic E-state index is 0. The van der Waals surface area contributed by atoms with Crippen molar-refractivity contribution < 1.29 is 4.79 Å². The topological polar surface area (TPSA) is 32.3 Å². The Balaban J connectivity index is 0.000001000. The normalized spacial score (nSPS) is 17.4. The van der Waals surface area contributed by atoms with Gasteiger partial charge in [0.15, 0.2) is 0 Å². The summed E-state index contributed by atoms with van der Waals surface area (Å²) in [4.78, 5) is 12.9. The van der Waals surface area contributed by atoms with Crippen LogP contribution in [0.2, 0.25) is 0 Å². The molecule has 0 bridgehead atoms. The lowest BCUT2D eigenvalue weighted by atomic mass is 10.4. The number of nitrogens with one attached hydrogen (secondary N) is 1. The maximum Gasteiger partial charge on any atom is 0.233 e. The minimum absolute atomic E-state index is 0. The van der Waals surface area contributed by atoms with Crippen LogP contribution >= 0.6 is 28.3 Å². The molecule has 1 fully saturated rings. The summed E-state index contributed by atoms with van der Waals surface area (Å²) >= 11 is 3.14. The predicted molar refractivity (Wildman–Crippen MR) is 50.5 cm³/mol. The Bertz CT molecular complexity index is 128. The number of nitrogens with zero attached hydrogens (tertiary/aromatic N) is 1. The highest BCUT2D eigenvalue weighted by Gasteiger charge is 2.13. The van der Waals surface area contributed by atoms with Gasteiger partial charge in [-0.3, -0.25) is 4.79 Å². The van der Waals surface area contributed by atoms with Crippen LogP contribution in [0.1, 0.15) is 0 Å². The van der Waals surface area contributed by atoms with E-state index in [2.05, 4.69) is 21.2 Å². The highest BCUT2D eigenvalue weighted by molar-refractivity contribution is 9.09. The fourth-order valence-electron chi connectivity index (χ4n) is 0.999. The number of halogens is 2. The molecule has 11 heavy (non-hydrogen) atoms. The quantitative estimate of drug-likeness (QED) is 0.669. The fraction of sp³-hybridized carbons (Fsp3) is 0.833. The molecule has 1 N–H and O–H groups in total. The zero-order valence-electron chi connectivity index (χ0n) is 6.18. The van der Waals surface area contributed by atoms with Gasteiger partial charge in [-0.15, -0.1) is 12.4 Å². The van der Waals surface area contributed by atoms with E-state index in [1.165, 1.54) is 0 Å². The molecule has 0 aliphatic carbocycles. The molecule has 1 amide bonds. The maximum absolute atomic E-state index is 11.0. The summed E-state index contributed by atoms with van der Waals surface area (Å²) in [6.45, 7) is 3.56. The third kappa shape index (κ3) is 3.40. The van der Waals surface area contributed by atoms with Crippen molar-refractivity contribution in [1.82, 2.24) is 10.2 Å². The highest BCUT2D eigenvalue weighted by atomic mass is 79.9. The zero-order chi connectivity index (χ0) is 7.40. The van der Waals surface area contributed by atoms with E-state index in [4.69, 9.17) is 0 Å². The molecular formula is C6H12BrClN2O. The first-order chi connectivity index (χ1) is 4.84. The third-order valence-corrected chi connectivity index (χ3v) is 2.06. The molecule has 0 atom stereocenters. The van der Waals surface area contributed by atoms with Crippen LogP contribution in [-0.4, -0.2) is 42.3 Å². The number of amides is 1. The Morgan fingerprint density at radius 2 is 2.00 bits per heavy atom. The minimum Gasteiger partial charge on any atom is -0.339 e. The standard InChI is InChI=1S/C6H11BrN2O.ClH/c7-5-6(10)9-3-1-8-2-4-9;/h8H,1-5H2;1H. The number of carbonyl (C=O) groups excluding carboxylic acids is 1. The number of hydrogen-bond donors (Lipinski definition) is 1. The summed E-state index contributed by atoms with van der Waals surface area (Å²) in [5.41, 5.74) is 0. The number of alkyl halides is 1. The molecule has 1 aliphatic heterocycles.